The van der Waals surface area contributed by atoms with Crippen LogP contribution in [-0.2, 0) is 12.0 Å². The highest BCUT2D eigenvalue weighted by atomic mass is 16.1. The molecule has 0 unspecified atom stereocenters. The summed E-state index contributed by atoms with van der Waals surface area (Å²) < 4.78 is 1.70. The smallest absolute Gasteiger partial charge is 0.251 e. The summed E-state index contributed by atoms with van der Waals surface area (Å²) in [6.07, 6.45) is 6.65. The molecule has 0 spiro atoms. The Labute approximate surface area is 138 Å². The predicted molar refractivity (Wildman–Crippen MR) is 98.4 cm³/mol. The minimum Gasteiger partial charge on any atom is -0.330 e. The number of pyridine rings is 1. The fourth-order valence-electron chi connectivity index (χ4n) is 2.36. The monoisotopic (exact) mass is 310 g/mol. The van der Waals surface area contributed by atoms with Crippen molar-refractivity contribution in [2.24, 2.45) is 5.73 Å². The maximum atomic E-state index is 12.0. The first-order valence-electron chi connectivity index (χ1n) is 8.09. The van der Waals surface area contributed by atoms with Gasteiger partial charge >= 0.3 is 0 Å². The number of hydrogen-bond donors (Lipinski definition) is 1. The summed E-state index contributed by atoms with van der Waals surface area (Å²) in [6.45, 7) is 7.89. The Balaban J connectivity index is 2.11. The fourth-order valence-corrected chi connectivity index (χ4v) is 2.36. The quantitative estimate of drug-likeness (QED) is 0.916. The SMILES string of the molecule is CC(C)(C)c1ccc(/C=C/c2ccn(CCCN)c(=O)c2)cc1. The molecular formula is C20H26N2O. The molecule has 23 heavy (non-hydrogen) atoms. The number of nitrogens with zero attached hydrogens (tertiary/aromatic N) is 1. The molecular weight excluding hydrogens is 284 g/mol. The van der Waals surface area contributed by atoms with Crippen LogP contribution in [0.15, 0.2) is 47.4 Å². The van der Waals surface area contributed by atoms with E-state index in [0.717, 1.165) is 17.5 Å². The molecule has 0 bridgehead atoms. The Bertz CT molecular complexity index is 719. The van der Waals surface area contributed by atoms with Gasteiger partial charge in [0.2, 0.25) is 0 Å². The molecule has 0 aliphatic heterocycles. The Kier molecular flexibility index (Phi) is 5.56. The van der Waals surface area contributed by atoms with Crippen LogP contribution in [0.2, 0.25) is 0 Å². The van der Waals surface area contributed by atoms with Crippen molar-refractivity contribution < 1.29 is 0 Å². The number of rotatable bonds is 5. The zero-order chi connectivity index (χ0) is 16.9. The molecule has 0 saturated carbocycles. The van der Waals surface area contributed by atoms with E-state index in [-0.39, 0.29) is 11.0 Å². The summed E-state index contributed by atoms with van der Waals surface area (Å²) in [5, 5.41) is 0. The summed E-state index contributed by atoms with van der Waals surface area (Å²) in [7, 11) is 0. The summed E-state index contributed by atoms with van der Waals surface area (Å²) in [5.41, 5.74) is 9.02. The van der Waals surface area contributed by atoms with Gasteiger partial charge in [0.15, 0.2) is 0 Å². The molecule has 1 aromatic carbocycles. The minimum atomic E-state index is 0.0173. The van der Waals surface area contributed by atoms with Crippen LogP contribution in [-0.4, -0.2) is 11.1 Å². The lowest BCUT2D eigenvalue weighted by Crippen LogP contribution is -2.20. The normalized spacial score (nSPS) is 12.0. The van der Waals surface area contributed by atoms with E-state index in [1.807, 2.05) is 24.4 Å². The van der Waals surface area contributed by atoms with Crippen molar-refractivity contribution in [2.75, 3.05) is 6.54 Å². The summed E-state index contributed by atoms with van der Waals surface area (Å²) in [5.74, 6) is 0. The first-order valence-corrected chi connectivity index (χ1v) is 8.09. The van der Waals surface area contributed by atoms with E-state index in [1.165, 1.54) is 5.56 Å². The topological polar surface area (TPSA) is 48.0 Å². The molecule has 0 amide bonds. The van der Waals surface area contributed by atoms with E-state index in [2.05, 4.69) is 45.0 Å². The summed E-state index contributed by atoms with van der Waals surface area (Å²) in [6, 6.07) is 12.2. The van der Waals surface area contributed by atoms with E-state index >= 15 is 0 Å². The molecule has 0 aliphatic rings. The van der Waals surface area contributed by atoms with Gasteiger partial charge in [0.25, 0.3) is 5.56 Å². The number of nitrogens with two attached hydrogens (primary N) is 1. The average Bonchev–Trinajstić information content (AvgIpc) is 2.51. The molecule has 122 valence electrons. The second kappa shape index (κ2) is 7.42. The number of aromatic nitrogens is 1. The molecule has 0 fully saturated rings. The van der Waals surface area contributed by atoms with Crippen LogP contribution in [0.25, 0.3) is 12.2 Å². The van der Waals surface area contributed by atoms with E-state index in [0.29, 0.717) is 13.1 Å². The molecule has 1 aromatic heterocycles. The van der Waals surface area contributed by atoms with Crippen molar-refractivity contribution in [1.82, 2.24) is 4.57 Å². The zero-order valence-corrected chi connectivity index (χ0v) is 14.3. The lowest BCUT2D eigenvalue weighted by molar-refractivity contribution is 0.590. The van der Waals surface area contributed by atoms with Crippen LogP contribution in [0.4, 0.5) is 0 Å². The van der Waals surface area contributed by atoms with Crippen LogP contribution in [0.1, 0.15) is 43.9 Å². The van der Waals surface area contributed by atoms with Gasteiger partial charge in [0.1, 0.15) is 0 Å². The standard InChI is InChI=1S/C20H26N2O/c1-20(2,3)18-9-7-16(8-10-18)5-6-17-11-14-22(13-4-12-21)19(23)15-17/h5-11,14-15H,4,12-13,21H2,1-3H3/b6-5+. The first kappa shape index (κ1) is 17.2. The van der Waals surface area contributed by atoms with Gasteiger partial charge in [0, 0.05) is 18.8 Å². The third-order valence-corrected chi connectivity index (χ3v) is 3.87. The first-order chi connectivity index (χ1) is 10.9. The van der Waals surface area contributed by atoms with Crippen LogP contribution in [0.5, 0.6) is 0 Å². The maximum absolute atomic E-state index is 12.0. The highest BCUT2D eigenvalue weighted by Crippen LogP contribution is 2.22. The number of benzene rings is 1. The molecule has 2 aromatic rings. The Morgan fingerprint density at radius 3 is 2.26 bits per heavy atom. The third kappa shape index (κ3) is 4.93. The highest BCUT2D eigenvalue weighted by molar-refractivity contribution is 5.69. The molecule has 1 heterocycles. The van der Waals surface area contributed by atoms with Gasteiger partial charge in [-0.2, -0.15) is 0 Å². The van der Waals surface area contributed by atoms with Crippen LogP contribution < -0.4 is 11.3 Å². The van der Waals surface area contributed by atoms with Crippen LogP contribution in [0.3, 0.4) is 0 Å². The van der Waals surface area contributed by atoms with Crippen molar-refractivity contribution in [3.05, 3.63) is 69.6 Å². The average molecular weight is 310 g/mol. The van der Waals surface area contributed by atoms with Crippen LogP contribution >= 0.6 is 0 Å². The van der Waals surface area contributed by atoms with E-state index in [1.54, 1.807) is 10.6 Å². The Morgan fingerprint density at radius 2 is 1.70 bits per heavy atom. The minimum absolute atomic E-state index is 0.0173. The van der Waals surface area contributed by atoms with Gasteiger partial charge in [-0.25, -0.2) is 0 Å². The summed E-state index contributed by atoms with van der Waals surface area (Å²) in [4.78, 5) is 12.0. The Hall–Kier alpha value is -2.13. The number of hydrogen-bond acceptors (Lipinski definition) is 2. The molecule has 0 aliphatic carbocycles. The van der Waals surface area contributed by atoms with Crippen molar-refractivity contribution in [2.45, 2.75) is 39.2 Å². The van der Waals surface area contributed by atoms with Gasteiger partial charge in [-0.1, -0.05) is 57.2 Å². The third-order valence-electron chi connectivity index (χ3n) is 3.87. The van der Waals surface area contributed by atoms with Gasteiger partial charge in [-0.15, -0.1) is 0 Å². The molecule has 2 N–H and O–H groups in total. The largest absolute Gasteiger partial charge is 0.330 e. The molecule has 0 saturated heterocycles. The highest BCUT2D eigenvalue weighted by Gasteiger charge is 2.12. The van der Waals surface area contributed by atoms with E-state index < -0.39 is 0 Å². The molecule has 2 rings (SSSR count). The lowest BCUT2D eigenvalue weighted by Gasteiger charge is -2.18. The zero-order valence-electron chi connectivity index (χ0n) is 14.3. The number of aryl methyl sites for hydroxylation is 1. The van der Waals surface area contributed by atoms with E-state index in [9.17, 15) is 4.79 Å². The molecule has 0 atom stereocenters. The van der Waals surface area contributed by atoms with Crippen molar-refractivity contribution in [3.63, 3.8) is 0 Å². The second-order valence-electron chi connectivity index (χ2n) is 6.84. The van der Waals surface area contributed by atoms with E-state index in [4.69, 9.17) is 5.73 Å². The lowest BCUT2D eigenvalue weighted by atomic mass is 9.87. The Morgan fingerprint density at radius 1 is 1.04 bits per heavy atom. The second-order valence-corrected chi connectivity index (χ2v) is 6.84. The van der Waals surface area contributed by atoms with Gasteiger partial charge in [-0.05, 0) is 41.1 Å². The van der Waals surface area contributed by atoms with Crippen molar-refractivity contribution >= 4 is 12.2 Å². The molecule has 3 nitrogen and oxygen atoms in total. The molecule has 3 heteroatoms. The summed E-state index contributed by atoms with van der Waals surface area (Å²) >= 11 is 0. The molecule has 0 radical (unpaired) electrons. The van der Waals surface area contributed by atoms with Crippen molar-refractivity contribution in [3.8, 4) is 0 Å². The van der Waals surface area contributed by atoms with Gasteiger partial charge < -0.3 is 10.3 Å². The van der Waals surface area contributed by atoms with Crippen molar-refractivity contribution in [1.29, 1.82) is 0 Å². The van der Waals surface area contributed by atoms with Gasteiger partial charge in [0.05, 0.1) is 0 Å². The van der Waals surface area contributed by atoms with Crippen LogP contribution in [0, 0.1) is 0 Å². The maximum Gasteiger partial charge on any atom is 0.251 e. The predicted octanol–water partition coefficient (Wildman–Crippen LogP) is 3.67. The fraction of sp³-hybridized carbons (Fsp3) is 0.350. The van der Waals surface area contributed by atoms with Gasteiger partial charge in [-0.3, -0.25) is 4.79 Å².